The van der Waals surface area contributed by atoms with Gasteiger partial charge in [-0.25, -0.2) is 4.39 Å². The van der Waals surface area contributed by atoms with Crippen molar-refractivity contribution in [2.24, 2.45) is 10.1 Å². The Hall–Kier alpha value is -3.06. The van der Waals surface area contributed by atoms with Crippen LogP contribution in [0.1, 0.15) is 22.8 Å². The van der Waals surface area contributed by atoms with Crippen LogP contribution in [-0.4, -0.2) is 27.2 Å². The molecule has 0 atom stereocenters. The Labute approximate surface area is 153 Å². The number of fused-ring (bicyclic) bond motifs is 3. The first-order valence-electron chi connectivity index (χ1n) is 7.80. The highest BCUT2D eigenvalue weighted by atomic mass is 35.5. The molecule has 0 saturated heterocycles. The van der Waals surface area contributed by atoms with Crippen molar-refractivity contribution >= 4 is 24.0 Å². The minimum Gasteiger partial charge on any atom is -0.388 e. The van der Waals surface area contributed by atoms with E-state index in [4.69, 9.17) is 16.4 Å². The first-order chi connectivity index (χ1) is 12.7. The Balaban J connectivity index is 1.94. The summed E-state index contributed by atoms with van der Waals surface area (Å²) in [5.74, 6) is 0.768. The average molecular weight is 370 g/mol. The summed E-state index contributed by atoms with van der Waals surface area (Å²) in [7, 11) is 0. The average Bonchev–Trinajstić information content (AvgIpc) is 2.97. The van der Waals surface area contributed by atoms with Gasteiger partial charge in [-0.1, -0.05) is 29.8 Å². The second-order valence-electron chi connectivity index (χ2n) is 5.58. The third kappa shape index (κ3) is 2.76. The Morgan fingerprint density at radius 1 is 1.19 bits per heavy atom. The molecule has 26 heavy (non-hydrogen) atoms. The van der Waals surface area contributed by atoms with Crippen molar-refractivity contribution in [3.8, 4) is 5.69 Å². The van der Waals surface area contributed by atoms with Crippen LogP contribution in [0.4, 0.5) is 4.39 Å². The molecule has 0 aliphatic carbocycles. The van der Waals surface area contributed by atoms with Crippen LogP contribution in [0.2, 0.25) is 5.02 Å². The van der Waals surface area contributed by atoms with Crippen molar-refractivity contribution in [3.63, 3.8) is 0 Å². The maximum absolute atomic E-state index is 14.0. The lowest BCUT2D eigenvalue weighted by Crippen LogP contribution is -2.10. The van der Waals surface area contributed by atoms with Gasteiger partial charge in [-0.05, 0) is 24.3 Å². The minimum absolute atomic E-state index is 0.0920. The van der Waals surface area contributed by atoms with Crippen LogP contribution in [0.15, 0.2) is 52.6 Å². The van der Waals surface area contributed by atoms with Crippen molar-refractivity contribution in [1.29, 1.82) is 0 Å². The predicted molar refractivity (Wildman–Crippen MR) is 96.5 cm³/mol. The van der Waals surface area contributed by atoms with Crippen molar-refractivity contribution < 1.29 is 9.23 Å². The molecule has 130 valence electrons. The number of hydrogen-bond donors (Lipinski definition) is 0. The van der Waals surface area contributed by atoms with Crippen LogP contribution in [0, 0.1) is 5.82 Å². The summed E-state index contributed by atoms with van der Waals surface area (Å²) in [6.45, 7) is 3.65. The number of halogens is 2. The molecule has 6 nitrogen and oxygen atoms in total. The van der Waals surface area contributed by atoms with Crippen LogP contribution >= 0.6 is 11.6 Å². The van der Waals surface area contributed by atoms with Gasteiger partial charge < -0.3 is 4.84 Å². The summed E-state index contributed by atoms with van der Waals surface area (Å²) in [5.41, 5.74) is 2.63. The van der Waals surface area contributed by atoms with Gasteiger partial charge in [-0.15, -0.1) is 15.4 Å². The van der Waals surface area contributed by atoms with Crippen molar-refractivity contribution in [2.75, 3.05) is 0 Å². The van der Waals surface area contributed by atoms with Gasteiger partial charge >= 0.3 is 0 Å². The molecule has 2 heterocycles. The molecule has 8 heteroatoms. The number of rotatable bonds is 4. The van der Waals surface area contributed by atoms with E-state index in [0.717, 1.165) is 5.56 Å². The number of aromatic nitrogens is 3. The molecular formula is C18H13ClFN5O. The Morgan fingerprint density at radius 3 is 2.85 bits per heavy atom. The zero-order valence-electron chi connectivity index (χ0n) is 13.6. The molecule has 0 fully saturated rings. The van der Waals surface area contributed by atoms with Gasteiger partial charge in [0, 0.05) is 22.9 Å². The van der Waals surface area contributed by atoms with Crippen molar-refractivity contribution in [2.45, 2.75) is 13.2 Å². The third-order valence-electron chi connectivity index (χ3n) is 4.04. The molecule has 3 aromatic rings. The topological polar surface area (TPSA) is 64.7 Å². The van der Waals surface area contributed by atoms with Crippen molar-refractivity contribution in [1.82, 2.24) is 14.8 Å². The molecule has 0 N–H and O–H groups in total. The van der Waals surface area contributed by atoms with E-state index in [9.17, 15) is 4.39 Å². The fourth-order valence-electron chi connectivity index (χ4n) is 2.94. The Bertz CT molecular complexity index is 1030. The first kappa shape index (κ1) is 16.4. The fourth-order valence-corrected chi connectivity index (χ4v) is 3.17. The number of nitrogens with zero attached hydrogens (tertiary/aromatic N) is 5. The zero-order chi connectivity index (χ0) is 18.1. The predicted octanol–water partition coefficient (Wildman–Crippen LogP) is 3.54. The monoisotopic (exact) mass is 369 g/mol. The second kappa shape index (κ2) is 6.68. The summed E-state index contributed by atoms with van der Waals surface area (Å²) in [6, 6.07) is 11.8. The number of aliphatic imine (C=N–C) groups is 1. The quantitative estimate of drug-likeness (QED) is 0.522. The largest absolute Gasteiger partial charge is 0.388 e. The van der Waals surface area contributed by atoms with E-state index in [0.29, 0.717) is 33.6 Å². The van der Waals surface area contributed by atoms with Crippen LogP contribution in [0.3, 0.4) is 0 Å². The normalized spacial score (nSPS) is 12.6. The highest BCUT2D eigenvalue weighted by molar-refractivity contribution is 6.35. The summed E-state index contributed by atoms with van der Waals surface area (Å²) in [4.78, 5) is 9.65. The lowest BCUT2D eigenvalue weighted by molar-refractivity contribution is 0.126. The van der Waals surface area contributed by atoms with Gasteiger partial charge in [0.25, 0.3) is 0 Å². The van der Waals surface area contributed by atoms with Gasteiger partial charge in [-0.3, -0.25) is 9.56 Å². The molecule has 0 bridgehead atoms. The fraction of sp³-hybridized carbons (Fsp3) is 0.111. The molecule has 0 spiro atoms. The van der Waals surface area contributed by atoms with E-state index in [1.165, 1.54) is 12.1 Å². The summed E-state index contributed by atoms with van der Waals surface area (Å²) in [5, 5.41) is 12.2. The molecule has 0 amide bonds. The molecule has 4 rings (SSSR count). The van der Waals surface area contributed by atoms with Crippen LogP contribution in [-0.2, 0) is 18.0 Å². The molecule has 1 aliphatic heterocycles. The Morgan fingerprint density at radius 2 is 2.04 bits per heavy atom. The number of benzene rings is 2. The maximum atomic E-state index is 14.0. The molecule has 0 unspecified atom stereocenters. The SMILES string of the molecule is C=NOCc1nnc2n1-c1ccc(F)cc1C(c1ccccc1Cl)=NC2. The standard InChI is InChI=1S/C18H13ClFN5O/c1-21-26-10-17-24-23-16-9-22-18(12-4-2-3-5-14(12)19)13-8-11(20)6-7-15(13)25(16)17/h2-8H,1,9-10H2. The molecule has 2 aromatic carbocycles. The smallest absolute Gasteiger partial charge is 0.178 e. The molecule has 1 aromatic heterocycles. The van der Waals surface area contributed by atoms with Crippen LogP contribution in [0.5, 0.6) is 0 Å². The van der Waals surface area contributed by atoms with Gasteiger partial charge in [0.15, 0.2) is 18.3 Å². The second-order valence-corrected chi connectivity index (χ2v) is 5.98. The van der Waals surface area contributed by atoms with Gasteiger partial charge in [0.1, 0.15) is 12.4 Å². The highest BCUT2D eigenvalue weighted by Gasteiger charge is 2.24. The number of hydrogen-bond acceptors (Lipinski definition) is 5. The van der Waals surface area contributed by atoms with Crippen LogP contribution < -0.4 is 0 Å². The highest BCUT2D eigenvalue weighted by Crippen LogP contribution is 2.29. The molecule has 0 saturated carbocycles. The van der Waals surface area contributed by atoms with E-state index >= 15 is 0 Å². The van der Waals surface area contributed by atoms with Crippen LogP contribution in [0.25, 0.3) is 5.69 Å². The minimum atomic E-state index is -0.370. The molecular weight excluding hydrogens is 357 g/mol. The zero-order valence-corrected chi connectivity index (χ0v) is 14.3. The molecule has 1 aliphatic rings. The van der Waals surface area contributed by atoms with E-state index in [1.807, 2.05) is 18.2 Å². The first-order valence-corrected chi connectivity index (χ1v) is 8.17. The van der Waals surface area contributed by atoms with Crippen molar-refractivity contribution in [3.05, 3.63) is 76.1 Å². The van der Waals surface area contributed by atoms with Gasteiger partial charge in [0.2, 0.25) is 0 Å². The van der Waals surface area contributed by atoms with E-state index in [1.54, 1.807) is 16.7 Å². The maximum Gasteiger partial charge on any atom is 0.178 e. The molecule has 0 radical (unpaired) electrons. The summed E-state index contributed by atoms with van der Waals surface area (Å²) < 4.78 is 15.8. The van der Waals surface area contributed by atoms with E-state index in [2.05, 4.69) is 27.1 Å². The summed E-state index contributed by atoms with van der Waals surface area (Å²) in [6.07, 6.45) is 0. The summed E-state index contributed by atoms with van der Waals surface area (Å²) >= 11 is 6.35. The Kier molecular flexibility index (Phi) is 4.22. The van der Waals surface area contributed by atoms with E-state index < -0.39 is 0 Å². The lowest BCUT2D eigenvalue weighted by atomic mass is 10.00. The third-order valence-corrected chi connectivity index (χ3v) is 4.37. The van der Waals surface area contributed by atoms with Gasteiger partial charge in [0.05, 0.1) is 11.4 Å². The number of oxime groups is 1. The lowest BCUT2D eigenvalue weighted by Gasteiger charge is -2.14. The van der Waals surface area contributed by atoms with E-state index in [-0.39, 0.29) is 19.0 Å². The van der Waals surface area contributed by atoms with Gasteiger partial charge in [-0.2, -0.15) is 0 Å².